The molecule has 3 aliphatic heterocycles. The molecule has 0 saturated carbocycles. The Morgan fingerprint density at radius 3 is 2.44 bits per heavy atom. The fourth-order valence-corrected chi connectivity index (χ4v) is 11.0. The maximum atomic E-state index is 14.1. The summed E-state index contributed by atoms with van der Waals surface area (Å²) in [6.07, 6.45) is 6.73. The van der Waals surface area contributed by atoms with Gasteiger partial charge in [0.2, 0.25) is 5.91 Å². The van der Waals surface area contributed by atoms with Gasteiger partial charge in [-0.15, -0.1) is 0 Å². The molecule has 1 aromatic carbocycles. The Bertz CT molecular complexity index is 2940. The highest BCUT2D eigenvalue weighted by atomic mass is 19.4. The Balaban J connectivity index is 0.914. The number of amides is 2. The van der Waals surface area contributed by atoms with Crippen LogP contribution in [0.4, 0.5) is 41.9 Å². The van der Waals surface area contributed by atoms with E-state index in [2.05, 4.69) is 62.2 Å². The number of carbonyl (C=O) groups excluding carboxylic acids is 2. The van der Waals surface area contributed by atoms with E-state index < -0.39 is 29.7 Å². The number of aromatic nitrogens is 5. The van der Waals surface area contributed by atoms with Crippen LogP contribution in [-0.2, 0) is 43.3 Å². The van der Waals surface area contributed by atoms with E-state index in [9.17, 15) is 32.7 Å². The summed E-state index contributed by atoms with van der Waals surface area (Å²) < 4.78 is 45.2. The number of primary amides is 1. The van der Waals surface area contributed by atoms with Crippen LogP contribution in [0.1, 0.15) is 93.0 Å². The molecule has 15 nitrogen and oxygen atoms in total. The molecule has 3 atom stereocenters. The molecule has 0 spiro atoms. The first kappa shape index (κ1) is 48.5. The van der Waals surface area contributed by atoms with Crippen LogP contribution >= 0.6 is 0 Å². The molecule has 1 aliphatic carbocycles. The molecule has 2 fully saturated rings. The lowest BCUT2D eigenvalue weighted by Crippen LogP contribution is -2.58. The molecule has 5 aromatic rings. The van der Waals surface area contributed by atoms with E-state index in [0.717, 1.165) is 64.0 Å². The van der Waals surface area contributed by atoms with Crippen LogP contribution in [0.25, 0.3) is 17.3 Å². The molecule has 0 bridgehead atoms. The normalized spacial score (nSPS) is 20.8. The van der Waals surface area contributed by atoms with Gasteiger partial charge in [-0.25, -0.2) is 9.97 Å². The number of aliphatic hydroxyl groups excluding tert-OH is 1. The van der Waals surface area contributed by atoms with E-state index >= 15 is 0 Å². The highest BCUT2D eigenvalue weighted by Crippen LogP contribution is 2.42. The number of aryl methyl sites for hydroxylation is 1. The van der Waals surface area contributed by atoms with Crippen molar-refractivity contribution in [3.63, 3.8) is 0 Å². The molecule has 2 amide bonds. The predicted octanol–water partition coefficient (Wildman–Crippen LogP) is 6.97. The lowest BCUT2D eigenvalue weighted by molar-refractivity contribution is -0.181. The molecule has 0 radical (unpaired) electrons. The molecule has 4 aliphatic rings. The average molecular weight is 962 g/mol. The predicted molar refractivity (Wildman–Crippen MR) is 265 cm³/mol. The van der Waals surface area contributed by atoms with Crippen molar-refractivity contribution in [2.75, 3.05) is 52.7 Å². The van der Waals surface area contributed by atoms with Crippen molar-refractivity contribution in [3.05, 3.63) is 111 Å². The van der Waals surface area contributed by atoms with Crippen molar-refractivity contribution < 1.29 is 27.9 Å². The third-order valence-electron chi connectivity index (χ3n) is 14.9. The standard InChI is InChI=1S/C52H62F3N11O4/c1-31-22-36(14-17-63(31)37-12-15-57-44(25-37)51(5,6)52(53,54)55)62-18-19-64(32(2)28-62)41-10-9-35(23-33(41)8-11-45(56)68)59-46-49(70)61(7)29-40(60-46)38-13-16-58-47(39(38)30-67)66-21-20-65-42(48(66)69)24-34-26-50(3,4)27-43(34)65/h8-13,15-16,23-25,29,31-32,36,67H,14,17-22,26-28,30H2,1-7H3,(H2,56,68)(H,59,60)/t31-,32+,36?/m1/s1. The van der Waals surface area contributed by atoms with Gasteiger partial charge in [0, 0.05) is 129 Å². The maximum absolute atomic E-state index is 14.1. The number of nitrogens with zero attached hydrogens (tertiary/aromatic N) is 9. The zero-order valence-electron chi connectivity index (χ0n) is 40.8. The summed E-state index contributed by atoms with van der Waals surface area (Å²) in [6, 6.07) is 13.2. The van der Waals surface area contributed by atoms with Crippen molar-refractivity contribution >= 4 is 46.6 Å². The monoisotopic (exact) mass is 961 g/mol. The molecule has 18 heteroatoms. The topological polar surface area (TPSA) is 171 Å². The van der Waals surface area contributed by atoms with Crippen LogP contribution in [0.2, 0.25) is 0 Å². The number of benzene rings is 1. The van der Waals surface area contributed by atoms with Gasteiger partial charge in [-0.3, -0.25) is 29.2 Å². The molecule has 7 heterocycles. The second kappa shape index (κ2) is 18.3. The smallest absolute Gasteiger partial charge is 0.392 e. The number of fused-ring (bicyclic) bond motifs is 3. The van der Waals surface area contributed by atoms with Gasteiger partial charge in [0.25, 0.3) is 11.5 Å². The van der Waals surface area contributed by atoms with Gasteiger partial charge in [-0.2, -0.15) is 13.2 Å². The Morgan fingerprint density at radius 2 is 1.73 bits per heavy atom. The van der Waals surface area contributed by atoms with Crippen LogP contribution in [0.3, 0.4) is 0 Å². The van der Waals surface area contributed by atoms with Crippen molar-refractivity contribution in [1.29, 1.82) is 0 Å². The summed E-state index contributed by atoms with van der Waals surface area (Å²) in [5, 5.41) is 14.1. The quantitative estimate of drug-likeness (QED) is 0.117. The number of anilines is 5. The number of carbonyl (C=O) groups is 2. The fraction of sp³-hybridized carbons (Fsp3) is 0.462. The number of hydrogen-bond donors (Lipinski definition) is 3. The Hall–Kier alpha value is -6.53. The number of aliphatic hydroxyl groups is 1. The Kier molecular flexibility index (Phi) is 12.7. The van der Waals surface area contributed by atoms with Gasteiger partial charge >= 0.3 is 6.18 Å². The van der Waals surface area contributed by atoms with Crippen LogP contribution in [0.5, 0.6) is 0 Å². The van der Waals surface area contributed by atoms with E-state index in [1.165, 1.54) is 28.1 Å². The number of piperidine rings is 1. The number of halogens is 3. The van der Waals surface area contributed by atoms with Crippen molar-refractivity contribution in [3.8, 4) is 11.3 Å². The van der Waals surface area contributed by atoms with Crippen molar-refractivity contribution in [1.82, 2.24) is 29.0 Å². The van der Waals surface area contributed by atoms with Gasteiger partial charge < -0.3 is 35.1 Å². The molecule has 4 aromatic heterocycles. The maximum Gasteiger partial charge on any atom is 0.399 e. The molecule has 370 valence electrons. The molecule has 70 heavy (non-hydrogen) atoms. The second-order valence-corrected chi connectivity index (χ2v) is 20.8. The van der Waals surface area contributed by atoms with Crippen LogP contribution in [0.15, 0.2) is 71.9 Å². The molecular formula is C52H62F3N11O4. The minimum absolute atomic E-state index is 0.00434. The van der Waals surface area contributed by atoms with Gasteiger partial charge in [0.05, 0.1) is 18.0 Å². The van der Waals surface area contributed by atoms with E-state index in [-0.39, 0.29) is 41.0 Å². The molecular weight excluding hydrogens is 900 g/mol. The van der Waals surface area contributed by atoms with E-state index in [4.69, 9.17) is 10.7 Å². The van der Waals surface area contributed by atoms with Gasteiger partial charge in [-0.1, -0.05) is 13.8 Å². The summed E-state index contributed by atoms with van der Waals surface area (Å²) in [5.74, 6) is -0.419. The van der Waals surface area contributed by atoms with Gasteiger partial charge in [0.15, 0.2) is 5.82 Å². The van der Waals surface area contributed by atoms with E-state index in [1.807, 2.05) is 24.3 Å². The minimum Gasteiger partial charge on any atom is -0.392 e. The van der Waals surface area contributed by atoms with Crippen molar-refractivity contribution in [2.45, 2.75) is 110 Å². The molecule has 2 saturated heterocycles. The van der Waals surface area contributed by atoms with Crippen LogP contribution in [-0.4, -0.2) is 103 Å². The number of piperazine rings is 1. The first-order chi connectivity index (χ1) is 33.1. The number of hydrogen-bond acceptors (Lipinski definition) is 11. The first-order valence-electron chi connectivity index (χ1n) is 24.0. The lowest BCUT2D eigenvalue weighted by atomic mass is 9.87. The fourth-order valence-electron chi connectivity index (χ4n) is 11.0. The van der Waals surface area contributed by atoms with Crippen LogP contribution in [0, 0.1) is 5.41 Å². The number of alkyl halides is 3. The lowest BCUT2D eigenvalue weighted by Gasteiger charge is -2.48. The van der Waals surface area contributed by atoms with Gasteiger partial charge in [-0.05, 0) is 113 Å². The molecule has 9 rings (SSSR count). The first-order valence-corrected chi connectivity index (χ1v) is 24.0. The average Bonchev–Trinajstić information content (AvgIpc) is 3.81. The van der Waals surface area contributed by atoms with Gasteiger partial charge in [0.1, 0.15) is 16.9 Å². The number of rotatable bonds is 11. The largest absolute Gasteiger partial charge is 0.399 e. The summed E-state index contributed by atoms with van der Waals surface area (Å²) >= 11 is 0. The third kappa shape index (κ3) is 9.06. The van der Waals surface area contributed by atoms with Crippen molar-refractivity contribution in [2.24, 2.45) is 18.2 Å². The number of nitrogens with one attached hydrogen (secondary N) is 1. The zero-order chi connectivity index (χ0) is 50.0. The van der Waals surface area contributed by atoms with E-state index in [1.54, 1.807) is 48.6 Å². The SMILES string of the molecule is C[C@@H]1CC(N2CCN(c3ccc(Nc4nc(-c5ccnc(N6CCn7c(cc8c7CC(C)(C)C8)C6=O)c5CO)cn(C)c4=O)cc3C=CC(N)=O)[C@@H](C)C2)CCN1c1ccnc(C(C)(C)C(F)(F)F)c1. The Morgan fingerprint density at radius 1 is 0.957 bits per heavy atom. The number of pyridine rings is 2. The van der Waals surface area contributed by atoms with E-state index in [0.29, 0.717) is 65.8 Å². The summed E-state index contributed by atoms with van der Waals surface area (Å²) in [4.78, 5) is 61.9. The highest BCUT2D eigenvalue weighted by Gasteiger charge is 2.50. The molecule has 1 unspecified atom stereocenters. The number of nitrogens with two attached hydrogens (primary N) is 1. The van der Waals surface area contributed by atoms with Crippen LogP contribution < -0.4 is 31.3 Å². The molecule has 4 N–H and O–H groups in total. The zero-order valence-corrected chi connectivity index (χ0v) is 40.8. The third-order valence-corrected chi connectivity index (χ3v) is 14.9. The summed E-state index contributed by atoms with van der Waals surface area (Å²) in [5.41, 5.74) is 10.5. The summed E-state index contributed by atoms with van der Waals surface area (Å²) in [6.45, 7) is 14.6. The minimum atomic E-state index is -4.43. The summed E-state index contributed by atoms with van der Waals surface area (Å²) in [7, 11) is 1.62. The second-order valence-electron chi connectivity index (χ2n) is 20.8. The highest BCUT2D eigenvalue weighted by molar-refractivity contribution is 6.06. The Labute approximate surface area is 405 Å².